The van der Waals surface area contributed by atoms with E-state index in [1.807, 2.05) is 18.3 Å². The molecule has 2 atom stereocenters. The van der Waals surface area contributed by atoms with Gasteiger partial charge in [0.2, 0.25) is 0 Å². The van der Waals surface area contributed by atoms with Gasteiger partial charge in [0.05, 0.1) is 17.1 Å². The highest BCUT2D eigenvalue weighted by molar-refractivity contribution is 5.75. The van der Waals surface area contributed by atoms with Crippen molar-refractivity contribution in [2.24, 2.45) is 11.7 Å². The maximum absolute atomic E-state index is 5.93. The zero-order chi connectivity index (χ0) is 13.9. The monoisotopic (exact) mass is 265 g/mol. The Morgan fingerprint density at radius 2 is 1.90 bits per heavy atom. The number of benzene rings is 1. The Balaban J connectivity index is 2.15. The van der Waals surface area contributed by atoms with Gasteiger partial charge in [0, 0.05) is 12.4 Å². The van der Waals surface area contributed by atoms with E-state index < -0.39 is 0 Å². The normalized spacial score (nSPS) is 14.3. The standard InChI is InChI=1S/C17H19N3/c1-13(12-18)17(14-6-3-2-4-7-14)20-11-9-15-16(20)8-5-10-19-15/h2-11,13,17H,12,18H2,1H3/t13-,17?/m0/s1. The van der Waals surface area contributed by atoms with Crippen LogP contribution >= 0.6 is 0 Å². The lowest BCUT2D eigenvalue weighted by atomic mass is 9.94. The van der Waals surface area contributed by atoms with Gasteiger partial charge in [-0.25, -0.2) is 0 Å². The molecule has 0 spiro atoms. The quantitative estimate of drug-likeness (QED) is 0.787. The number of hydrogen-bond acceptors (Lipinski definition) is 2. The predicted octanol–water partition coefficient (Wildman–Crippen LogP) is 3.22. The summed E-state index contributed by atoms with van der Waals surface area (Å²) >= 11 is 0. The van der Waals surface area contributed by atoms with Gasteiger partial charge in [-0.1, -0.05) is 37.3 Å². The summed E-state index contributed by atoms with van der Waals surface area (Å²) in [5.41, 5.74) is 9.40. The van der Waals surface area contributed by atoms with E-state index in [2.05, 4.69) is 59.1 Å². The van der Waals surface area contributed by atoms with Crippen LogP contribution in [0.1, 0.15) is 18.5 Å². The minimum atomic E-state index is 0.239. The molecule has 0 radical (unpaired) electrons. The smallest absolute Gasteiger partial charge is 0.0881 e. The van der Waals surface area contributed by atoms with E-state index in [9.17, 15) is 0 Å². The first kappa shape index (κ1) is 12.9. The molecule has 0 fully saturated rings. The largest absolute Gasteiger partial charge is 0.338 e. The van der Waals surface area contributed by atoms with Crippen molar-refractivity contribution in [2.45, 2.75) is 13.0 Å². The molecule has 1 unspecified atom stereocenters. The Morgan fingerprint density at radius 1 is 1.10 bits per heavy atom. The predicted molar refractivity (Wildman–Crippen MR) is 82.5 cm³/mol. The maximum Gasteiger partial charge on any atom is 0.0881 e. The Labute approximate surface area is 119 Å². The van der Waals surface area contributed by atoms with Crippen molar-refractivity contribution < 1.29 is 0 Å². The molecule has 3 aromatic rings. The van der Waals surface area contributed by atoms with E-state index in [1.165, 1.54) is 5.56 Å². The Hall–Kier alpha value is -2.13. The van der Waals surface area contributed by atoms with Gasteiger partial charge in [-0.05, 0) is 36.2 Å². The van der Waals surface area contributed by atoms with E-state index >= 15 is 0 Å². The third-order valence-corrected chi connectivity index (χ3v) is 3.84. The van der Waals surface area contributed by atoms with Crippen molar-refractivity contribution in [3.63, 3.8) is 0 Å². The Bertz CT molecular complexity index is 688. The first-order valence-electron chi connectivity index (χ1n) is 6.98. The van der Waals surface area contributed by atoms with Crippen LogP contribution in [-0.4, -0.2) is 16.1 Å². The Morgan fingerprint density at radius 3 is 2.65 bits per heavy atom. The second kappa shape index (κ2) is 5.47. The summed E-state index contributed by atoms with van der Waals surface area (Å²) in [6.07, 6.45) is 3.94. The van der Waals surface area contributed by atoms with Crippen molar-refractivity contribution in [1.29, 1.82) is 0 Å². The topological polar surface area (TPSA) is 43.8 Å². The first-order valence-corrected chi connectivity index (χ1v) is 6.98. The van der Waals surface area contributed by atoms with E-state index in [0.717, 1.165) is 11.0 Å². The lowest BCUT2D eigenvalue weighted by molar-refractivity contribution is 0.424. The molecule has 102 valence electrons. The molecular weight excluding hydrogens is 246 g/mol. The third kappa shape index (κ3) is 2.21. The maximum atomic E-state index is 5.93. The number of nitrogens with two attached hydrogens (primary N) is 1. The summed E-state index contributed by atoms with van der Waals surface area (Å²) in [6.45, 7) is 2.85. The molecule has 0 bridgehead atoms. The lowest BCUT2D eigenvalue weighted by Crippen LogP contribution is -2.24. The number of rotatable bonds is 4. The molecule has 0 aliphatic carbocycles. The van der Waals surface area contributed by atoms with Crippen LogP contribution in [0.4, 0.5) is 0 Å². The number of fused-ring (bicyclic) bond motifs is 1. The minimum Gasteiger partial charge on any atom is -0.338 e. The lowest BCUT2D eigenvalue weighted by Gasteiger charge is -2.26. The highest BCUT2D eigenvalue weighted by Crippen LogP contribution is 2.29. The summed E-state index contributed by atoms with van der Waals surface area (Å²) in [6, 6.07) is 16.9. The molecule has 2 heterocycles. The van der Waals surface area contributed by atoms with Gasteiger partial charge in [-0.2, -0.15) is 0 Å². The SMILES string of the molecule is C[C@@H](CN)C(c1ccccc1)n1ccc2ncccc21. The molecule has 3 rings (SSSR count). The summed E-state index contributed by atoms with van der Waals surface area (Å²) < 4.78 is 2.29. The average molecular weight is 265 g/mol. The van der Waals surface area contributed by atoms with Crippen molar-refractivity contribution in [2.75, 3.05) is 6.54 Å². The van der Waals surface area contributed by atoms with Gasteiger partial charge in [-0.3, -0.25) is 4.98 Å². The van der Waals surface area contributed by atoms with Crippen LogP contribution in [-0.2, 0) is 0 Å². The van der Waals surface area contributed by atoms with Crippen LogP contribution in [0.15, 0.2) is 60.9 Å². The van der Waals surface area contributed by atoms with Crippen molar-refractivity contribution in [3.05, 3.63) is 66.5 Å². The van der Waals surface area contributed by atoms with E-state index in [-0.39, 0.29) is 6.04 Å². The third-order valence-electron chi connectivity index (χ3n) is 3.84. The van der Waals surface area contributed by atoms with Crippen molar-refractivity contribution in [3.8, 4) is 0 Å². The van der Waals surface area contributed by atoms with Crippen molar-refractivity contribution >= 4 is 11.0 Å². The second-order valence-electron chi connectivity index (χ2n) is 5.20. The van der Waals surface area contributed by atoms with Crippen LogP contribution in [0.5, 0.6) is 0 Å². The molecule has 1 aromatic carbocycles. The average Bonchev–Trinajstić information content (AvgIpc) is 2.92. The van der Waals surface area contributed by atoms with Gasteiger partial charge in [-0.15, -0.1) is 0 Å². The zero-order valence-corrected chi connectivity index (χ0v) is 11.6. The molecule has 3 nitrogen and oxygen atoms in total. The van der Waals surface area contributed by atoms with Crippen molar-refractivity contribution in [1.82, 2.24) is 9.55 Å². The molecule has 0 saturated carbocycles. The van der Waals surface area contributed by atoms with Gasteiger partial charge >= 0.3 is 0 Å². The second-order valence-corrected chi connectivity index (χ2v) is 5.20. The molecule has 0 aliphatic heterocycles. The molecule has 0 aliphatic rings. The molecule has 0 saturated heterocycles. The fourth-order valence-electron chi connectivity index (χ4n) is 2.77. The Kier molecular flexibility index (Phi) is 3.52. The summed E-state index contributed by atoms with van der Waals surface area (Å²) in [4.78, 5) is 4.41. The van der Waals surface area contributed by atoms with Crippen LogP contribution in [0.2, 0.25) is 0 Å². The van der Waals surface area contributed by atoms with Gasteiger partial charge in [0.1, 0.15) is 0 Å². The minimum absolute atomic E-state index is 0.239. The molecule has 2 aromatic heterocycles. The fraction of sp³-hybridized carbons (Fsp3) is 0.235. The summed E-state index contributed by atoms with van der Waals surface area (Å²) in [5, 5.41) is 0. The van der Waals surface area contributed by atoms with Crippen LogP contribution in [0.25, 0.3) is 11.0 Å². The fourth-order valence-corrected chi connectivity index (χ4v) is 2.77. The van der Waals surface area contributed by atoms with Gasteiger partial charge in [0.25, 0.3) is 0 Å². The number of hydrogen-bond donors (Lipinski definition) is 1. The van der Waals surface area contributed by atoms with Gasteiger partial charge in [0.15, 0.2) is 0 Å². The van der Waals surface area contributed by atoms with Crippen LogP contribution in [0, 0.1) is 5.92 Å². The molecule has 3 heteroatoms. The summed E-state index contributed by atoms with van der Waals surface area (Å²) in [7, 11) is 0. The molecule has 0 amide bonds. The molecule has 2 N–H and O–H groups in total. The van der Waals surface area contributed by atoms with E-state index in [1.54, 1.807) is 0 Å². The van der Waals surface area contributed by atoms with E-state index in [0.29, 0.717) is 12.5 Å². The van der Waals surface area contributed by atoms with Gasteiger partial charge < -0.3 is 10.3 Å². The highest BCUT2D eigenvalue weighted by atomic mass is 15.0. The number of nitrogens with zero attached hydrogens (tertiary/aromatic N) is 2. The zero-order valence-electron chi connectivity index (χ0n) is 11.6. The van der Waals surface area contributed by atoms with Crippen LogP contribution < -0.4 is 5.73 Å². The highest BCUT2D eigenvalue weighted by Gasteiger charge is 2.21. The summed E-state index contributed by atoms with van der Waals surface area (Å²) in [5.74, 6) is 0.355. The first-order chi connectivity index (χ1) is 9.81. The van der Waals surface area contributed by atoms with E-state index in [4.69, 9.17) is 5.73 Å². The van der Waals surface area contributed by atoms with Crippen LogP contribution in [0.3, 0.4) is 0 Å². The number of pyridine rings is 1. The molecular formula is C17H19N3. The number of aromatic nitrogens is 2. The molecule has 20 heavy (non-hydrogen) atoms.